The Balaban J connectivity index is 1.66. The van der Waals surface area contributed by atoms with E-state index in [-0.39, 0.29) is 30.5 Å². The number of rotatable bonds is 7. The highest BCUT2D eigenvalue weighted by molar-refractivity contribution is 7.92. The summed E-state index contributed by atoms with van der Waals surface area (Å²) in [6.45, 7) is 8.19. The van der Waals surface area contributed by atoms with Crippen LogP contribution in [0.5, 0.6) is 5.75 Å². The molecule has 1 aliphatic rings. The highest BCUT2D eigenvalue weighted by atomic mass is 32.2. The van der Waals surface area contributed by atoms with Gasteiger partial charge < -0.3 is 10.1 Å². The first-order chi connectivity index (χ1) is 14.5. The number of nitrogens with one attached hydrogen (secondary N) is 1. The molecule has 0 fully saturated rings. The fourth-order valence-electron chi connectivity index (χ4n) is 4.05. The van der Waals surface area contributed by atoms with Crippen LogP contribution in [0.4, 0.5) is 5.69 Å². The molecule has 1 unspecified atom stereocenters. The summed E-state index contributed by atoms with van der Waals surface area (Å²) in [5.74, 6) is 0.719. The molecular formula is C24H32N2O4S. The van der Waals surface area contributed by atoms with Gasteiger partial charge in [0.1, 0.15) is 11.4 Å². The summed E-state index contributed by atoms with van der Waals surface area (Å²) in [7, 11) is -3.44. The van der Waals surface area contributed by atoms with Gasteiger partial charge in [-0.2, -0.15) is 0 Å². The molecule has 1 heterocycles. The largest absolute Gasteiger partial charge is 0.487 e. The number of carbonyl (C=O) groups excluding carboxylic acids is 1. The number of carbonyl (C=O) groups is 1. The molecule has 7 heteroatoms. The molecular weight excluding hydrogens is 412 g/mol. The topological polar surface area (TPSA) is 75.7 Å². The van der Waals surface area contributed by atoms with Crippen LogP contribution in [0.15, 0.2) is 42.5 Å². The zero-order chi connectivity index (χ0) is 22.8. The van der Waals surface area contributed by atoms with E-state index in [1.54, 1.807) is 6.07 Å². The Morgan fingerprint density at radius 1 is 1.19 bits per heavy atom. The lowest BCUT2D eigenvalue weighted by Crippen LogP contribution is -2.41. The average molecular weight is 445 g/mol. The van der Waals surface area contributed by atoms with E-state index in [2.05, 4.69) is 5.32 Å². The molecule has 1 atom stereocenters. The second-order valence-electron chi connectivity index (χ2n) is 8.95. The lowest BCUT2D eigenvalue weighted by molar-refractivity contribution is -0.122. The first kappa shape index (κ1) is 23.1. The number of nitrogens with zero attached hydrogens (tertiary/aromatic N) is 1. The molecule has 1 aliphatic heterocycles. The van der Waals surface area contributed by atoms with Crippen molar-refractivity contribution >= 4 is 21.6 Å². The fraction of sp³-hybridized carbons (Fsp3) is 0.458. The van der Waals surface area contributed by atoms with Crippen LogP contribution < -0.4 is 14.4 Å². The van der Waals surface area contributed by atoms with Crippen LogP contribution in [0, 0.1) is 13.8 Å². The SMILES string of the molecule is Cc1ccc2c(c1)OC(C)(C)CC2NC(=O)CCCN(c1ccccc1C)S(C)(=O)=O. The highest BCUT2D eigenvalue weighted by Gasteiger charge is 2.34. The predicted molar refractivity (Wildman–Crippen MR) is 124 cm³/mol. The van der Waals surface area contributed by atoms with Crippen molar-refractivity contribution in [3.8, 4) is 5.75 Å². The molecule has 0 radical (unpaired) electrons. The number of anilines is 1. The first-order valence-electron chi connectivity index (χ1n) is 10.6. The minimum Gasteiger partial charge on any atom is -0.487 e. The molecule has 1 N–H and O–H groups in total. The van der Waals surface area contributed by atoms with Gasteiger partial charge in [0.2, 0.25) is 15.9 Å². The maximum absolute atomic E-state index is 12.7. The normalized spacial score (nSPS) is 17.4. The third kappa shape index (κ3) is 5.79. The van der Waals surface area contributed by atoms with Crippen LogP contribution >= 0.6 is 0 Å². The van der Waals surface area contributed by atoms with E-state index < -0.39 is 10.0 Å². The van der Waals surface area contributed by atoms with Gasteiger partial charge in [0.05, 0.1) is 18.0 Å². The molecule has 3 rings (SSSR count). The summed E-state index contributed by atoms with van der Waals surface area (Å²) >= 11 is 0. The van der Waals surface area contributed by atoms with Crippen molar-refractivity contribution in [3.63, 3.8) is 0 Å². The van der Waals surface area contributed by atoms with E-state index in [9.17, 15) is 13.2 Å². The molecule has 0 saturated heterocycles. The molecule has 31 heavy (non-hydrogen) atoms. The maximum Gasteiger partial charge on any atom is 0.232 e. The molecule has 2 aromatic rings. The van der Waals surface area contributed by atoms with Crippen LogP contribution in [0.1, 0.15) is 55.8 Å². The Hall–Kier alpha value is -2.54. The smallest absolute Gasteiger partial charge is 0.232 e. The molecule has 168 valence electrons. The van der Waals surface area contributed by atoms with Crippen LogP contribution in [0.2, 0.25) is 0 Å². The Labute approximate surface area is 185 Å². The van der Waals surface area contributed by atoms with Crippen molar-refractivity contribution in [1.29, 1.82) is 0 Å². The number of ether oxygens (including phenoxy) is 1. The zero-order valence-corrected chi connectivity index (χ0v) is 19.8. The van der Waals surface area contributed by atoms with Crippen molar-refractivity contribution in [3.05, 3.63) is 59.2 Å². The minimum atomic E-state index is -3.44. The molecule has 0 saturated carbocycles. The van der Waals surface area contributed by atoms with Gasteiger partial charge >= 0.3 is 0 Å². The third-order valence-electron chi connectivity index (χ3n) is 5.51. The van der Waals surface area contributed by atoms with Gasteiger partial charge in [-0.1, -0.05) is 30.3 Å². The van der Waals surface area contributed by atoms with E-state index in [0.717, 1.165) is 22.4 Å². The van der Waals surface area contributed by atoms with Crippen molar-refractivity contribution in [2.75, 3.05) is 17.1 Å². The van der Waals surface area contributed by atoms with E-state index in [1.165, 1.54) is 10.6 Å². The second-order valence-corrected chi connectivity index (χ2v) is 10.9. The Bertz CT molecular complexity index is 1060. The number of aryl methyl sites for hydroxylation is 2. The van der Waals surface area contributed by atoms with Gasteiger partial charge in [0.15, 0.2) is 0 Å². The highest BCUT2D eigenvalue weighted by Crippen LogP contribution is 2.40. The third-order valence-corrected chi connectivity index (χ3v) is 6.69. The van der Waals surface area contributed by atoms with Gasteiger partial charge in [0.25, 0.3) is 0 Å². The van der Waals surface area contributed by atoms with Gasteiger partial charge in [-0.05, 0) is 57.4 Å². The summed E-state index contributed by atoms with van der Waals surface area (Å²) in [4.78, 5) is 12.7. The number of benzene rings is 2. The molecule has 0 aromatic heterocycles. The Morgan fingerprint density at radius 3 is 2.58 bits per heavy atom. The first-order valence-corrected chi connectivity index (χ1v) is 12.4. The summed E-state index contributed by atoms with van der Waals surface area (Å²) in [5, 5.41) is 3.13. The molecule has 0 aliphatic carbocycles. The maximum atomic E-state index is 12.7. The molecule has 0 bridgehead atoms. The number of amides is 1. The fourth-order valence-corrected chi connectivity index (χ4v) is 5.07. The van der Waals surface area contributed by atoms with Crippen LogP contribution in [0.3, 0.4) is 0 Å². The van der Waals surface area contributed by atoms with E-state index in [1.807, 2.05) is 64.1 Å². The molecule has 6 nitrogen and oxygen atoms in total. The number of fused-ring (bicyclic) bond motifs is 1. The summed E-state index contributed by atoms with van der Waals surface area (Å²) in [6.07, 6.45) is 2.55. The van der Waals surface area contributed by atoms with Crippen molar-refractivity contribution in [1.82, 2.24) is 5.32 Å². The molecule has 0 spiro atoms. The van der Waals surface area contributed by atoms with Crippen LogP contribution in [-0.4, -0.2) is 32.7 Å². The number of hydrogen-bond acceptors (Lipinski definition) is 4. The number of para-hydroxylation sites is 1. The van der Waals surface area contributed by atoms with E-state index >= 15 is 0 Å². The monoisotopic (exact) mass is 444 g/mol. The van der Waals surface area contributed by atoms with E-state index in [0.29, 0.717) is 18.5 Å². The molecule has 1 amide bonds. The van der Waals surface area contributed by atoms with Gasteiger partial charge in [-0.3, -0.25) is 9.10 Å². The quantitative estimate of drug-likeness (QED) is 0.692. The van der Waals surface area contributed by atoms with Crippen molar-refractivity contribution < 1.29 is 17.9 Å². The lowest BCUT2D eigenvalue weighted by atomic mass is 9.89. The standard InChI is InChI=1S/C24H32N2O4S/c1-17-12-13-19-20(16-24(3,4)30-22(19)15-17)25-23(27)11-8-14-26(31(5,28)29)21-10-7-6-9-18(21)2/h6-7,9-10,12-13,15,20H,8,11,14,16H2,1-5H3,(H,25,27). The zero-order valence-electron chi connectivity index (χ0n) is 18.9. The van der Waals surface area contributed by atoms with Crippen molar-refractivity contribution in [2.24, 2.45) is 0 Å². The number of sulfonamides is 1. The second kappa shape index (κ2) is 8.91. The Morgan fingerprint density at radius 2 is 1.90 bits per heavy atom. The predicted octanol–water partition coefficient (Wildman–Crippen LogP) is 4.27. The van der Waals surface area contributed by atoms with Crippen molar-refractivity contribution in [2.45, 2.75) is 58.6 Å². The summed E-state index contributed by atoms with van der Waals surface area (Å²) in [6, 6.07) is 13.3. The molecule has 2 aromatic carbocycles. The minimum absolute atomic E-state index is 0.0903. The number of hydrogen-bond donors (Lipinski definition) is 1. The summed E-state index contributed by atoms with van der Waals surface area (Å²) < 4.78 is 32.1. The van der Waals surface area contributed by atoms with Crippen LogP contribution in [-0.2, 0) is 14.8 Å². The van der Waals surface area contributed by atoms with Crippen LogP contribution in [0.25, 0.3) is 0 Å². The van der Waals surface area contributed by atoms with Gasteiger partial charge in [0, 0.05) is 24.9 Å². The van der Waals surface area contributed by atoms with E-state index in [4.69, 9.17) is 4.74 Å². The summed E-state index contributed by atoms with van der Waals surface area (Å²) in [5.41, 5.74) is 3.25. The average Bonchev–Trinajstić information content (AvgIpc) is 2.64. The lowest BCUT2D eigenvalue weighted by Gasteiger charge is -2.38. The van der Waals surface area contributed by atoms with Gasteiger partial charge in [-0.25, -0.2) is 8.42 Å². The Kier molecular flexibility index (Phi) is 6.65. The van der Waals surface area contributed by atoms with Gasteiger partial charge in [-0.15, -0.1) is 0 Å².